The predicted octanol–water partition coefficient (Wildman–Crippen LogP) is 2.61. The van der Waals surface area contributed by atoms with Crippen molar-refractivity contribution in [1.82, 2.24) is 5.32 Å². The Kier molecular flexibility index (Phi) is 4.93. The summed E-state index contributed by atoms with van der Waals surface area (Å²) >= 11 is 0. The summed E-state index contributed by atoms with van der Waals surface area (Å²) in [5.74, 6) is 2.56. The lowest BCUT2D eigenvalue weighted by Gasteiger charge is -2.38. The molecule has 0 aromatic heterocycles. The average Bonchev–Trinajstić information content (AvgIpc) is 2.65. The standard InChI is InChI=1S/C15H29NO2S/c1-11(2)14-7-6-12(3)9-15(14)16-10-13-5-4-8-19(13,17)18/h11-16H,4-10H2,1-3H3. The van der Waals surface area contributed by atoms with Gasteiger partial charge in [0.1, 0.15) is 0 Å². The van der Waals surface area contributed by atoms with Crippen LogP contribution in [0.15, 0.2) is 0 Å². The van der Waals surface area contributed by atoms with E-state index < -0.39 is 9.84 Å². The van der Waals surface area contributed by atoms with Crippen molar-refractivity contribution >= 4 is 9.84 Å². The Bertz CT molecular complexity index is 391. The van der Waals surface area contributed by atoms with Crippen LogP contribution in [0.4, 0.5) is 0 Å². The molecule has 0 spiro atoms. The molecule has 0 radical (unpaired) electrons. The molecule has 0 aromatic carbocycles. The predicted molar refractivity (Wildman–Crippen MR) is 79.9 cm³/mol. The van der Waals surface area contributed by atoms with Gasteiger partial charge < -0.3 is 5.32 Å². The van der Waals surface area contributed by atoms with E-state index in [1.54, 1.807) is 0 Å². The molecule has 4 heteroatoms. The fourth-order valence-electron chi connectivity index (χ4n) is 3.81. The van der Waals surface area contributed by atoms with E-state index in [-0.39, 0.29) is 5.25 Å². The highest BCUT2D eigenvalue weighted by Gasteiger charge is 2.34. The van der Waals surface area contributed by atoms with Crippen molar-refractivity contribution in [3.05, 3.63) is 0 Å². The van der Waals surface area contributed by atoms with E-state index >= 15 is 0 Å². The molecule has 3 nitrogen and oxygen atoms in total. The molecule has 1 heterocycles. The maximum Gasteiger partial charge on any atom is 0.154 e. The second-order valence-electron chi connectivity index (χ2n) is 6.97. The van der Waals surface area contributed by atoms with Gasteiger partial charge in [0, 0.05) is 12.6 Å². The van der Waals surface area contributed by atoms with E-state index in [0.29, 0.717) is 30.2 Å². The molecule has 2 fully saturated rings. The molecule has 0 amide bonds. The zero-order valence-corrected chi connectivity index (χ0v) is 13.4. The van der Waals surface area contributed by atoms with Gasteiger partial charge in [-0.2, -0.15) is 0 Å². The van der Waals surface area contributed by atoms with E-state index in [9.17, 15) is 8.42 Å². The molecule has 4 unspecified atom stereocenters. The first-order valence-electron chi connectivity index (χ1n) is 7.85. The summed E-state index contributed by atoms with van der Waals surface area (Å²) in [5.41, 5.74) is 0. The highest BCUT2D eigenvalue weighted by Crippen LogP contribution is 2.33. The van der Waals surface area contributed by atoms with E-state index in [1.165, 1.54) is 19.3 Å². The molecule has 0 aromatic rings. The molecule has 112 valence electrons. The third-order valence-corrected chi connectivity index (χ3v) is 7.37. The molecule has 1 saturated heterocycles. The average molecular weight is 287 g/mol. The molecule has 1 aliphatic carbocycles. The lowest BCUT2D eigenvalue weighted by atomic mass is 9.74. The van der Waals surface area contributed by atoms with Gasteiger partial charge in [-0.05, 0) is 43.4 Å². The summed E-state index contributed by atoms with van der Waals surface area (Å²) in [5, 5.41) is 3.47. The smallest absolute Gasteiger partial charge is 0.154 e. The largest absolute Gasteiger partial charge is 0.312 e. The summed E-state index contributed by atoms with van der Waals surface area (Å²) in [4.78, 5) is 0. The Morgan fingerprint density at radius 2 is 1.95 bits per heavy atom. The van der Waals surface area contributed by atoms with Gasteiger partial charge in [0.2, 0.25) is 0 Å². The van der Waals surface area contributed by atoms with Crippen LogP contribution in [0, 0.1) is 17.8 Å². The zero-order valence-electron chi connectivity index (χ0n) is 12.6. The number of rotatable bonds is 4. The van der Waals surface area contributed by atoms with Crippen LogP contribution in [0.1, 0.15) is 52.9 Å². The topological polar surface area (TPSA) is 46.2 Å². The Morgan fingerprint density at radius 3 is 2.53 bits per heavy atom. The molecule has 19 heavy (non-hydrogen) atoms. The zero-order chi connectivity index (χ0) is 14.0. The van der Waals surface area contributed by atoms with Crippen LogP contribution in [-0.4, -0.2) is 32.0 Å². The lowest BCUT2D eigenvalue weighted by molar-refractivity contribution is 0.170. The Morgan fingerprint density at radius 1 is 1.21 bits per heavy atom. The lowest BCUT2D eigenvalue weighted by Crippen LogP contribution is -2.46. The molecule has 0 bridgehead atoms. The van der Waals surface area contributed by atoms with Gasteiger partial charge in [-0.3, -0.25) is 0 Å². The SMILES string of the molecule is CC1CCC(C(C)C)C(NCC2CCCS2(=O)=O)C1. The van der Waals surface area contributed by atoms with Crippen LogP contribution >= 0.6 is 0 Å². The summed E-state index contributed by atoms with van der Waals surface area (Å²) in [7, 11) is -2.80. The first-order chi connectivity index (χ1) is 8.90. The van der Waals surface area contributed by atoms with Crippen LogP contribution < -0.4 is 5.32 Å². The minimum absolute atomic E-state index is 0.127. The second kappa shape index (κ2) is 6.13. The fourth-order valence-corrected chi connectivity index (χ4v) is 5.59. The molecular weight excluding hydrogens is 258 g/mol. The van der Waals surface area contributed by atoms with E-state index in [1.807, 2.05) is 0 Å². The molecular formula is C15H29NO2S. The maximum atomic E-state index is 11.9. The van der Waals surface area contributed by atoms with Crippen LogP contribution in [0.3, 0.4) is 0 Å². The number of nitrogens with one attached hydrogen (secondary N) is 1. The van der Waals surface area contributed by atoms with Crippen molar-refractivity contribution in [1.29, 1.82) is 0 Å². The maximum absolute atomic E-state index is 11.9. The summed E-state index contributed by atoms with van der Waals surface area (Å²) in [6.07, 6.45) is 5.51. The van der Waals surface area contributed by atoms with Gasteiger partial charge in [0.05, 0.1) is 11.0 Å². The van der Waals surface area contributed by atoms with Crippen molar-refractivity contribution in [2.75, 3.05) is 12.3 Å². The van der Waals surface area contributed by atoms with Crippen LogP contribution in [0.25, 0.3) is 0 Å². The molecule has 2 aliphatic rings. The first kappa shape index (κ1) is 15.3. The van der Waals surface area contributed by atoms with E-state index in [2.05, 4.69) is 26.1 Å². The quantitative estimate of drug-likeness (QED) is 0.864. The van der Waals surface area contributed by atoms with Crippen molar-refractivity contribution in [3.8, 4) is 0 Å². The molecule has 1 N–H and O–H groups in total. The highest BCUT2D eigenvalue weighted by molar-refractivity contribution is 7.92. The summed E-state index contributed by atoms with van der Waals surface area (Å²) in [6.45, 7) is 7.57. The fraction of sp³-hybridized carbons (Fsp3) is 1.00. The van der Waals surface area contributed by atoms with Gasteiger partial charge in [-0.1, -0.05) is 27.2 Å². The summed E-state index contributed by atoms with van der Waals surface area (Å²) in [6, 6.07) is 0.513. The monoisotopic (exact) mass is 287 g/mol. The van der Waals surface area contributed by atoms with Crippen molar-refractivity contribution in [3.63, 3.8) is 0 Å². The Balaban J connectivity index is 1.92. The van der Waals surface area contributed by atoms with Gasteiger partial charge in [-0.25, -0.2) is 8.42 Å². The Labute approximate surface area is 118 Å². The highest BCUT2D eigenvalue weighted by atomic mass is 32.2. The minimum atomic E-state index is -2.80. The third kappa shape index (κ3) is 3.72. The van der Waals surface area contributed by atoms with Crippen LogP contribution in [0.2, 0.25) is 0 Å². The third-order valence-electron chi connectivity index (χ3n) is 5.09. The van der Waals surface area contributed by atoms with Gasteiger partial charge in [0.15, 0.2) is 9.84 Å². The number of hydrogen-bond donors (Lipinski definition) is 1. The van der Waals surface area contributed by atoms with Crippen LogP contribution in [0.5, 0.6) is 0 Å². The second-order valence-corrected chi connectivity index (χ2v) is 9.37. The number of sulfone groups is 1. The Hall–Kier alpha value is -0.0900. The number of hydrogen-bond acceptors (Lipinski definition) is 3. The normalized spacial score (nSPS) is 38.7. The minimum Gasteiger partial charge on any atom is -0.312 e. The first-order valence-corrected chi connectivity index (χ1v) is 9.56. The van der Waals surface area contributed by atoms with Crippen molar-refractivity contribution in [2.24, 2.45) is 17.8 Å². The molecule has 2 rings (SSSR count). The van der Waals surface area contributed by atoms with E-state index in [4.69, 9.17) is 0 Å². The van der Waals surface area contributed by atoms with Gasteiger partial charge in [-0.15, -0.1) is 0 Å². The molecule has 4 atom stereocenters. The van der Waals surface area contributed by atoms with Crippen molar-refractivity contribution < 1.29 is 8.42 Å². The van der Waals surface area contributed by atoms with Gasteiger partial charge in [0.25, 0.3) is 0 Å². The van der Waals surface area contributed by atoms with Gasteiger partial charge >= 0.3 is 0 Å². The van der Waals surface area contributed by atoms with E-state index in [0.717, 1.165) is 18.8 Å². The van der Waals surface area contributed by atoms with Crippen LogP contribution in [-0.2, 0) is 9.84 Å². The molecule has 1 aliphatic heterocycles. The molecule has 1 saturated carbocycles. The van der Waals surface area contributed by atoms with Crippen molar-refractivity contribution in [2.45, 2.75) is 64.2 Å². The summed E-state index contributed by atoms with van der Waals surface area (Å²) < 4.78 is 23.7.